The van der Waals surface area contributed by atoms with E-state index in [1.807, 2.05) is 42.5 Å². The zero-order valence-corrected chi connectivity index (χ0v) is 30.1. The van der Waals surface area contributed by atoms with Crippen molar-refractivity contribution in [3.8, 4) is 33.6 Å². The van der Waals surface area contributed by atoms with Crippen LogP contribution in [0.1, 0.15) is 39.1 Å². The molecular formula is C42H37FIrN2OSi-2. The molecule has 0 saturated heterocycles. The molecule has 48 heavy (non-hydrogen) atoms. The largest absolute Gasteiger partial charge is 0.501 e. The van der Waals surface area contributed by atoms with E-state index >= 15 is 0 Å². The molecule has 0 N–H and O–H groups in total. The molecule has 0 saturated carbocycles. The molecule has 0 bridgehead atoms. The number of pyridine rings is 2. The van der Waals surface area contributed by atoms with Crippen molar-refractivity contribution in [2.45, 2.75) is 52.1 Å². The fourth-order valence-electron chi connectivity index (χ4n) is 5.74. The fourth-order valence-corrected chi connectivity index (χ4v) is 6.78. The number of hydrogen-bond acceptors (Lipinski definition) is 3. The Hall–Kier alpha value is -4.22. The van der Waals surface area contributed by atoms with E-state index in [0.29, 0.717) is 33.7 Å². The van der Waals surface area contributed by atoms with Gasteiger partial charge in [0.15, 0.2) is 0 Å². The molecule has 1 radical (unpaired) electrons. The summed E-state index contributed by atoms with van der Waals surface area (Å²) in [5.74, 6) is -0.614. The standard InChI is InChI=1S/C27H20NO.C15H17FNSi.Ir/c1-2-7-18(8-3-1)20-13-14-22-23-11-6-12-24(27(23)29-25(22)17-20)26-21-10-5-4-9-19(21)15-16-28-26;1-11-5-7-13(14(16)9-11)15-8-6-12(10-17-15)18(2,3)4;/h1-3,6-8,11,13-17H,4-5,9-10H2;5-6,8-10H,1-4H3;/q2*-1;/i9D2,10D2;1D3;. The van der Waals surface area contributed by atoms with Crippen LogP contribution in [0.4, 0.5) is 4.39 Å². The maximum atomic E-state index is 14.1. The van der Waals surface area contributed by atoms with Crippen LogP contribution in [-0.2, 0) is 32.9 Å². The number of halogens is 1. The van der Waals surface area contributed by atoms with Gasteiger partial charge in [0, 0.05) is 53.3 Å². The molecule has 0 spiro atoms. The molecule has 0 atom stereocenters. The molecule has 1 aliphatic carbocycles. The van der Waals surface area contributed by atoms with Gasteiger partial charge in [-0.3, -0.25) is 4.39 Å². The zero-order chi connectivity index (χ0) is 38.6. The van der Waals surface area contributed by atoms with Gasteiger partial charge in [0.1, 0.15) is 5.58 Å². The molecule has 3 nitrogen and oxygen atoms in total. The summed E-state index contributed by atoms with van der Waals surface area (Å²) in [4.78, 5) is 8.80. The Bertz CT molecular complexity index is 2500. The van der Waals surface area contributed by atoms with Crippen LogP contribution >= 0.6 is 0 Å². The first-order valence-electron chi connectivity index (χ1n) is 19.1. The van der Waals surface area contributed by atoms with Crippen LogP contribution in [0.5, 0.6) is 0 Å². The number of benzene rings is 4. The molecule has 6 heteroatoms. The van der Waals surface area contributed by atoms with Crippen molar-refractivity contribution in [1.29, 1.82) is 0 Å². The number of rotatable bonds is 4. The van der Waals surface area contributed by atoms with E-state index in [1.54, 1.807) is 30.6 Å². The molecule has 7 aromatic rings. The third-order valence-corrected chi connectivity index (χ3v) is 10.3. The number of hydrogen-bond donors (Lipinski definition) is 0. The SMILES string of the molecule is [2H]C([2H])([2H])c1c[c-]c(-c2ccc([Si](C)(C)C)cn2)c(F)c1.[2H]C1([2H])CCC([2H])([2H])c2c1ccnc2-c1[c-]ccc2c1oc1cc(-c3ccccc3)ccc12.[Ir]. The molecule has 0 aliphatic heterocycles. The Morgan fingerprint density at radius 2 is 1.69 bits per heavy atom. The monoisotopic (exact) mass is 832 g/mol. The van der Waals surface area contributed by atoms with Gasteiger partial charge in [0.05, 0.1) is 13.7 Å². The third-order valence-electron chi connectivity index (χ3n) is 8.25. The van der Waals surface area contributed by atoms with Crippen LogP contribution in [0.25, 0.3) is 55.6 Å². The Labute approximate surface area is 306 Å². The van der Waals surface area contributed by atoms with Crippen molar-refractivity contribution in [2.24, 2.45) is 0 Å². The minimum Gasteiger partial charge on any atom is -0.501 e. The van der Waals surface area contributed by atoms with E-state index in [1.165, 1.54) is 11.3 Å². The van der Waals surface area contributed by atoms with Gasteiger partial charge < -0.3 is 14.4 Å². The van der Waals surface area contributed by atoms with Gasteiger partial charge in [-0.25, -0.2) is 0 Å². The summed E-state index contributed by atoms with van der Waals surface area (Å²) in [6, 6.07) is 33.5. The summed E-state index contributed by atoms with van der Waals surface area (Å²) in [6.07, 6.45) is 0.264. The normalized spacial score (nSPS) is 17.1. The predicted molar refractivity (Wildman–Crippen MR) is 194 cm³/mol. The molecule has 0 amide bonds. The summed E-state index contributed by atoms with van der Waals surface area (Å²) >= 11 is 0. The number of aryl methyl sites for hydroxylation is 2. The van der Waals surface area contributed by atoms with Crippen LogP contribution in [0.2, 0.25) is 19.6 Å². The maximum absolute atomic E-state index is 14.1. The van der Waals surface area contributed by atoms with Crippen molar-refractivity contribution in [3.63, 3.8) is 0 Å². The molecule has 3 heterocycles. The van der Waals surface area contributed by atoms with Crippen molar-refractivity contribution in [3.05, 3.63) is 138 Å². The number of aromatic nitrogens is 2. The van der Waals surface area contributed by atoms with E-state index in [4.69, 9.17) is 14.0 Å². The number of fused-ring (bicyclic) bond motifs is 4. The van der Waals surface area contributed by atoms with Crippen LogP contribution in [0.15, 0.2) is 108 Å². The fraction of sp³-hybridized carbons (Fsp3) is 0.190. The Balaban J connectivity index is 0.000000204. The average Bonchev–Trinajstić information content (AvgIpc) is 3.52. The first kappa shape index (κ1) is 25.7. The van der Waals surface area contributed by atoms with Gasteiger partial charge in [-0.2, -0.15) is 0 Å². The second-order valence-corrected chi connectivity index (χ2v) is 17.6. The summed E-state index contributed by atoms with van der Waals surface area (Å²) in [7, 11) is -1.45. The van der Waals surface area contributed by atoms with Gasteiger partial charge in [-0.15, -0.1) is 42.0 Å². The first-order valence-corrected chi connectivity index (χ1v) is 19.1. The summed E-state index contributed by atoms with van der Waals surface area (Å²) in [5, 5.41) is 3.05. The van der Waals surface area contributed by atoms with Gasteiger partial charge in [-0.1, -0.05) is 109 Å². The molecule has 0 unspecified atom stereocenters. The van der Waals surface area contributed by atoms with Crippen LogP contribution in [0, 0.1) is 24.8 Å². The smallest absolute Gasteiger partial charge is 0.121 e. The van der Waals surface area contributed by atoms with Gasteiger partial charge in [0.2, 0.25) is 0 Å². The number of furan rings is 1. The Kier molecular flexibility index (Phi) is 7.56. The molecule has 8 rings (SSSR count). The second-order valence-electron chi connectivity index (χ2n) is 12.5. The second kappa shape index (κ2) is 14.1. The topological polar surface area (TPSA) is 38.9 Å². The van der Waals surface area contributed by atoms with Crippen molar-refractivity contribution >= 4 is 35.2 Å². The first-order chi connectivity index (χ1) is 25.4. The molecule has 3 aromatic heterocycles. The minimum atomic E-state index is -2.33. The average molecular weight is 832 g/mol. The van der Waals surface area contributed by atoms with Crippen LogP contribution < -0.4 is 5.19 Å². The van der Waals surface area contributed by atoms with Gasteiger partial charge in [0.25, 0.3) is 0 Å². The van der Waals surface area contributed by atoms with Gasteiger partial charge >= 0.3 is 0 Å². The quantitative estimate of drug-likeness (QED) is 0.131. The third kappa shape index (κ3) is 6.84. The van der Waals surface area contributed by atoms with Crippen molar-refractivity contribution in [2.75, 3.05) is 0 Å². The van der Waals surface area contributed by atoms with Crippen molar-refractivity contribution < 1.29 is 38.5 Å². The molecule has 4 aromatic carbocycles. The Morgan fingerprint density at radius 3 is 2.44 bits per heavy atom. The molecule has 0 fully saturated rings. The number of nitrogens with zero attached hydrogens (tertiary/aromatic N) is 2. The molecule has 1 aliphatic rings. The summed E-state index contributed by atoms with van der Waals surface area (Å²) in [5.41, 5.74) is 5.69. The van der Waals surface area contributed by atoms with E-state index in [9.17, 15) is 4.39 Å². The van der Waals surface area contributed by atoms with Crippen LogP contribution in [-0.4, -0.2) is 18.0 Å². The van der Waals surface area contributed by atoms with Crippen molar-refractivity contribution in [1.82, 2.24) is 9.97 Å². The predicted octanol–water partition coefficient (Wildman–Crippen LogP) is 10.5. The summed E-state index contributed by atoms with van der Waals surface area (Å²) in [6.45, 7) is 4.30. The van der Waals surface area contributed by atoms with E-state index in [0.717, 1.165) is 33.5 Å². The van der Waals surface area contributed by atoms with E-state index in [-0.39, 0.29) is 44.1 Å². The zero-order valence-electron chi connectivity index (χ0n) is 33.7. The maximum Gasteiger partial charge on any atom is 0.121 e. The summed E-state index contributed by atoms with van der Waals surface area (Å²) < 4.78 is 76.4. The van der Waals surface area contributed by atoms with Gasteiger partial charge in [-0.05, 0) is 65.4 Å². The van der Waals surface area contributed by atoms with E-state index in [2.05, 4.69) is 59.9 Å². The molecular weight excluding hydrogens is 788 g/mol. The Morgan fingerprint density at radius 1 is 0.854 bits per heavy atom. The minimum absolute atomic E-state index is 0. The van der Waals surface area contributed by atoms with E-state index < -0.39 is 33.5 Å². The van der Waals surface area contributed by atoms with Crippen LogP contribution in [0.3, 0.4) is 0 Å². The molecule has 243 valence electrons.